The number of sulfonamides is 1. The number of thiophene rings is 1. The maximum absolute atomic E-state index is 12.9. The summed E-state index contributed by atoms with van der Waals surface area (Å²) in [5.74, 6) is -0.270. The highest BCUT2D eigenvalue weighted by atomic mass is 32.2. The molecule has 7 nitrogen and oxygen atoms in total. The molecule has 2 N–H and O–H groups in total. The molecule has 0 spiro atoms. The smallest absolute Gasteiger partial charge is 0.262 e. The molecule has 0 aliphatic carbocycles. The Kier molecular flexibility index (Phi) is 4.85. The Morgan fingerprint density at radius 1 is 1.24 bits per heavy atom. The highest BCUT2D eigenvalue weighted by Crippen LogP contribution is 2.29. The largest absolute Gasteiger partial charge is 0.379 e. The van der Waals surface area contributed by atoms with E-state index in [1.165, 1.54) is 21.7 Å². The second-order valence-corrected chi connectivity index (χ2v) is 9.73. The van der Waals surface area contributed by atoms with Gasteiger partial charge in [-0.3, -0.25) is 4.79 Å². The summed E-state index contributed by atoms with van der Waals surface area (Å²) in [5.41, 5.74) is 0. The Hall–Kier alpha value is -1.00. The number of hydrogen-bond donors (Lipinski definition) is 2. The summed E-state index contributed by atoms with van der Waals surface area (Å²) in [5, 5.41) is 8.28. The van der Waals surface area contributed by atoms with Crippen molar-refractivity contribution in [1.29, 1.82) is 0 Å². The van der Waals surface area contributed by atoms with Crippen LogP contribution in [0.1, 0.15) is 35.4 Å². The van der Waals surface area contributed by atoms with Gasteiger partial charge in [0.1, 0.15) is 9.77 Å². The number of nitrogens with one attached hydrogen (secondary N) is 2. The second kappa shape index (κ2) is 6.96. The van der Waals surface area contributed by atoms with Crippen LogP contribution in [-0.4, -0.2) is 63.1 Å². The van der Waals surface area contributed by atoms with Crippen molar-refractivity contribution in [3.05, 3.63) is 16.3 Å². The first-order valence-electron chi connectivity index (χ1n) is 8.76. The lowest BCUT2D eigenvalue weighted by atomic mass is 10.00. The molecule has 2 bridgehead atoms. The molecule has 3 saturated heterocycles. The molecule has 1 amide bonds. The van der Waals surface area contributed by atoms with Gasteiger partial charge in [0.2, 0.25) is 10.0 Å². The number of carbonyl (C=O) groups excluding carboxylic acids is 1. The summed E-state index contributed by atoms with van der Waals surface area (Å²) in [4.78, 5) is 13.1. The number of nitrogens with zero attached hydrogens (tertiary/aromatic N) is 1. The number of amides is 1. The van der Waals surface area contributed by atoms with Gasteiger partial charge < -0.3 is 15.4 Å². The third-order valence-corrected chi connectivity index (χ3v) is 8.21. The van der Waals surface area contributed by atoms with Gasteiger partial charge in [-0.2, -0.15) is 4.31 Å². The first kappa shape index (κ1) is 17.4. The average Bonchev–Trinajstić information content (AvgIpc) is 3.23. The van der Waals surface area contributed by atoms with E-state index < -0.39 is 10.0 Å². The molecule has 9 heteroatoms. The highest BCUT2D eigenvalue weighted by molar-refractivity contribution is 7.89. The molecule has 0 saturated carbocycles. The fourth-order valence-electron chi connectivity index (χ4n) is 4.02. The summed E-state index contributed by atoms with van der Waals surface area (Å²) in [6.45, 7) is 1.44. The van der Waals surface area contributed by atoms with Crippen LogP contribution in [0.25, 0.3) is 0 Å². The first-order chi connectivity index (χ1) is 12.0. The molecular weight excluding hydrogens is 362 g/mol. The Morgan fingerprint density at radius 3 is 2.60 bits per heavy atom. The van der Waals surface area contributed by atoms with E-state index in [9.17, 15) is 13.2 Å². The number of hydrogen-bond acceptors (Lipinski definition) is 6. The minimum atomic E-state index is -3.65. The zero-order chi connectivity index (χ0) is 17.4. The Morgan fingerprint density at radius 2 is 1.92 bits per heavy atom. The highest BCUT2D eigenvalue weighted by Gasteiger charge is 2.36. The summed E-state index contributed by atoms with van der Waals surface area (Å²) < 4.78 is 32.4. The molecule has 0 radical (unpaired) electrons. The van der Waals surface area contributed by atoms with E-state index in [2.05, 4.69) is 10.6 Å². The van der Waals surface area contributed by atoms with Gasteiger partial charge in [-0.1, -0.05) is 0 Å². The van der Waals surface area contributed by atoms with Crippen molar-refractivity contribution >= 4 is 27.3 Å². The van der Waals surface area contributed by atoms with Crippen LogP contribution in [0.4, 0.5) is 0 Å². The van der Waals surface area contributed by atoms with Crippen molar-refractivity contribution in [2.75, 3.05) is 26.3 Å². The predicted octanol–water partition coefficient (Wildman–Crippen LogP) is 0.782. The maximum atomic E-state index is 12.9. The van der Waals surface area contributed by atoms with Crippen LogP contribution in [0.2, 0.25) is 0 Å². The molecule has 1 aromatic heterocycles. The lowest BCUT2D eigenvalue weighted by molar-refractivity contribution is 0.0730. The predicted molar refractivity (Wildman–Crippen MR) is 94.3 cm³/mol. The fourth-order valence-corrected chi connectivity index (χ4v) is 6.73. The molecule has 3 aliphatic rings. The molecule has 3 fully saturated rings. The van der Waals surface area contributed by atoms with Crippen LogP contribution in [0.3, 0.4) is 0 Å². The summed E-state index contributed by atoms with van der Waals surface area (Å²) in [6.07, 6.45) is 4.15. The molecule has 4 heterocycles. The third kappa shape index (κ3) is 3.48. The normalized spacial score (nSPS) is 30.3. The SMILES string of the molecule is O=C(NC1CC2CCC(C1)N2)c1sccc1S(=O)(=O)N1CCOCC1. The molecule has 2 atom stereocenters. The number of ether oxygens (including phenoxy) is 1. The molecule has 4 rings (SSSR count). The quantitative estimate of drug-likeness (QED) is 0.800. The Bertz CT molecular complexity index is 730. The summed E-state index contributed by atoms with van der Waals surface area (Å²) in [7, 11) is -3.65. The van der Waals surface area contributed by atoms with Gasteiger partial charge in [0.05, 0.1) is 13.2 Å². The minimum Gasteiger partial charge on any atom is -0.379 e. The van der Waals surface area contributed by atoms with Gasteiger partial charge in [-0.25, -0.2) is 8.42 Å². The fraction of sp³-hybridized carbons (Fsp3) is 0.688. The van der Waals surface area contributed by atoms with Crippen LogP contribution >= 0.6 is 11.3 Å². The third-order valence-electron chi connectivity index (χ3n) is 5.23. The van der Waals surface area contributed by atoms with Crippen LogP contribution in [0, 0.1) is 0 Å². The van der Waals surface area contributed by atoms with Crippen molar-refractivity contribution in [1.82, 2.24) is 14.9 Å². The Labute approximate surface area is 151 Å². The summed E-state index contributed by atoms with van der Waals surface area (Å²) in [6, 6.07) is 2.61. The first-order valence-corrected chi connectivity index (χ1v) is 11.1. The molecule has 1 aromatic rings. The molecule has 3 aliphatic heterocycles. The molecular formula is C16H23N3O4S2. The van der Waals surface area contributed by atoms with Gasteiger partial charge in [0.25, 0.3) is 5.91 Å². The number of rotatable bonds is 4. The van der Waals surface area contributed by atoms with Gasteiger partial charge in [-0.15, -0.1) is 11.3 Å². The Balaban J connectivity index is 1.49. The van der Waals surface area contributed by atoms with E-state index in [0.29, 0.717) is 38.4 Å². The van der Waals surface area contributed by atoms with Crippen LogP contribution in [0.5, 0.6) is 0 Å². The zero-order valence-electron chi connectivity index (χ0n) is 13.9. The van der Waals surface area contributed by atoms with E-state index in [1.807, 2.05) is 0 Å². The van der Waals surface area contributed by atoms with E-state index in [0.717, 1.165) is 25.7 Å². The van der Waals surface area contributed by atoms with E-state index >= 15 is 0 Å². The van der Waals surface area contributed by atoms with E-state index in [1.54, 1.807) is 5.38 Å². The van der Waals surface area contributed by atoms with Crippen molar-refractivity contribution in [2.24, 2.45) is 0 Å². The molecule has 0 aromatic carbocycles. The number of piperidine rings is 1. The van der Waals surface area contributed by atoms with Gasteiger partial charge in [0, 0.05) is 31.2 Å². The minimum absolute atomic E-state index is 0.118. The van der Waals surface area contributed by atoms with Gasteiger partial charge in [0.15, 0.2) is 0 Å². The van der Waals surface area contributed by atoms with Crippen LogP contribution < -0.4 is 10.6 Å². The number of fused-ring (bicyclic) bond motifs is 2. The monoisotopic (exact) mass is 385 g/mol. The van der Waals surface area contributed by atoms with Crippen molar-refractivity contribution in [2.45, 2.75) is 48.7 Å². The summed E-state index contributed by atoms with van der Waals surface area (Å²) >= 11 is 1.19. The maximum Gasteiger partial charge on any atom is 0.262 e. The second-order valence-electron chi connectivity index (χ2n) is 6.91. The zero-order valence-corrected chi connectivity index (χ0v) is 15.6. The van der Waals surface area contributed by atoms with E-state index in [4.69, 9.17) is 4.74 Å². The van der Waals surface area contributed by atoms with Crippen molar-refractivity contribution < 1.29 is 17.9 Å². The molecule has 25 heavy (non-hydrogen) atoms. The van der Waals surface area contributed by atoms with Gasteiger partial charge in [-0.05, 0) is 37.1 Å². The number of carbonyl (C=O) groups is 1. The lowest BCUT2D eigenvalue weighted by Gasteiger charge is -2.30. The molecule has 138 valence electrons. The van der Waals surface area contributed by atoms with Crippen LogP contribution in [0.15, 0.2) is 16.3 Å². The number of morpholine rings is 1. The molecule has 2 unspecified atom stereocenters. The van der Waals surface area contributed by atoms with Crippen LogP contribution in [-0.2, 0) is 14.8 Å². The van der Waals surface area contributed by atoms with E-state index in [-0.39, 0.29) is 21.7 Å². The van der Waals surface area contributed by atoms with Crippen molar-refractivity contribution in [3.63, 3.8) is 0 Å². The average molecular weight is 386 g/mol. The van der Waals surface area contributed by atoms with Gasteiger partial charge >= 0.3 is 0 Å². The topological polar surface area (TPSA) is 87.7 Å². The standard InChI is InChI=1S/C16H23N3O4S2/c20-16(18-13-9-11-1-2-12(10-13)17-11)15-14(3-8-24-15)25(21,22)19-4-6-23-7-5-19/h3,8,11-13,17H,1-2,4-7,9-10H2,(H,18,20). The lowest BCUT2D eigenvalue weighted by Crippen LogP contribution is -2.48. The van der Waals surface area contributed by atoms with Crippen molar-refractivity contribution in [3.8, 4) is 0 Å².